The molecule has 2 bridgehead atoms. The maximum atomic E-state index is 12.8. The lowest BCUT2D eigenvalue weighted by Gasteiger charge is -2.55. The van der Waals surface area contributed by atoms with Crippen molar-refractivity contribution in [1.82, 2.24) is 0 Å². The largest absolute Gasteiger partial charge is 0.417 e. The summed E-state index contributed by atoms with van der Waals surface area (Å²) >= 11 is 0. The van der Waals surface area contributed by atoms with Crippen LogP contribution in [-0.2, 0) is 4.74 Å². The second-order valence-corrected chi connectivity index (χ2v) is 5.30. The quantitative estimate of drug-likeness (QED) is 0.659. The first-order valence-electron chi connectivity index (χ1n) is 5.52. The molecule has 15 heavy (non-hydrogen) atoms. The third-order valence-corrected chi connectivity index (χ3v) is 4.43. The Labute approximate surface area is 88.0 Å². The maximum absolute atomic E-state index is 12.8. The predicted octanol–water partition coefficient (Wildman–Crippen LogP) is 3.53. The van der Waals surface area contributed by atoms with E-state index in [4.69, 9.17) is 4.74 Å². The topological polar surface area (TPSA) is 9.23 Å². The summed E-state index contributed by atoms with van der Waals surface area (Å²) in [5.74, 6) is 0.407. The molecule has 4 heteroatoms. The SMILES string of the molecule is CC(C)C12CCC(C(F)(F)F)(CC1)OC2. The molecule has 0 aromatic carbocycles. The van der Waals surface area contributed by atoms with E-state index in [0.29, 0.717) is 18.8 Å². The number of hydrogen-bond donors (Lipinski definition) is 0. The minimum atomic E-state index is -4.20. The third-order valence-electron chi connectivity index (χ3n) is 4.43. The van der Waals surface area contributed by atoms with Crippen LogP contribution in [-0.4, -0.2) is 18.4 Å². The fourth-order valence-corrected chi connectivity index (χ4v) is 2.83. The van der Waals surface area contributed by atoms with Gasteiger partial charge in [0.15, 0.2) is 5.60 Å². The van der Waals surface area contributed by atoms with E-state index in [-0.39, 0.29) is 24.9 Å². The van der Waals surface area contributed by atoms with Crippen molar-refractivity contribution in [3.8, 4) is 0 Å². The first-order valence-corrected chi connectivity index (χ1v) is 5.52. The van der Waals surface area contributed by atoms with E-state index in [1.165, 1.54) is 0 Å². The van der Waals surface area contributed by atoms with Crippen LogP contribution in [0.25, 0.3) is 0 Å². The summed E-state index contributed by atoms with van der Waals surface area (Å²) in [6, 6.07) is 0. The van der Waals surface area contributed by atoms with Gasteiger partial charge in [-0.25, -0.2) is 0 Å². The molecule has 3 fully saturated rings. The molecule has 2 saturated heterocycles. The molecule has 3 aliphatic rings. The van der Waals surface area contributed by atoms with Crippen LogP contribution in [0.5, 0.6) is 0 Å². The predicted molar refractivity (Wildman–Crippen MR) is 50.5 cm³/mol. The smallest absolute Gasteiger partial charge is 0.365 e. The molecule has 2 aliphatic heterocycles. The highest BCUT2D eigenvalue weighted by Gasteiger charge is 2.63. The van der Waals surface area contributed by atoms with E-state index in [2.05, 4.69) is 13.8 Å². The standard InChI is InChI=1S/C11H17F3O/c1-8(2)9-3-5-10(6-4-9,15-7-9)11(12,13)14/h8H,3-7H2,1-2H3. The molecule has 0 radical (unpaired) electrons. The van der Waals surface area contributed by atoms with Crippen molar-refractivity contribution in [2.45, 2.75) is 51.3 Å². The Morgan fingerprint density at radius 1 is 1.07 bits per heavy atom. The average Bonchev–Trinajstić information content (AvgIpc) is 2.19. The van der Waals surface area contributed by atoms with E-state index >= 15 is 0 Å². The normalized spacial score (nSPS) is 41.2. The van der Waals surface area contributed by atoms with Gasteiger partial charge in [0.1, 0.15) is 0 Å². The summed E-state index contributed by atoms with van der Waals surface area (Å²) in [5, 5.41) is 0. The highest BCUT2D eigenvalue weighted by Crippen LogP contribution is 2.57. The molecule has 3 rings (SSSR count). The van der Waals surface area contributed by atoms with E-state index in [1.807, 2.05) is 0 Å². The monoisotopic (exact) mass is 222 g/mol. The molecule has 1 saturated carbocycles. The van der Waals surface area contributed by atoms with Crippen LogP contribution in [0.1, 0.15) is 39.5 Å². The van der Waals surface area contributed by atoms with Crippen molar-refractivity contribution < 1.29 is 17.9 Å². The minimum absolute atomic E-state index is 0.00694. The first kappa shape index (κ1) is 11.2. The Balaban J connectivity index is 2.18. The molecule has 88 valence electrons. The Kier molecular flexibility index (Phi) is 2.34. The molecule has 0 aromatic rings. The molecule has 1 aliphatic carbocycles. The van der Waals surface area contributed by atoms with Gasteiger partial charge in [-0.1, -0.05) is 13.8 Å². The van der Waals surface area contributed by atoms with E-state index in [1.54, 1.807) is 0 Å². The van der Waals surface area contributed by atoms with Crippen LogP contribution in [0.4, 0.5) is 13.2 Å². The number of rotatable bonds is 1. The molecule has 0 aromatic heterocycles. The van der Waals surface area contributed by atoms with Gasteiger partial charge in [-0.2, -0.15) is 13.2 Å². The van der Waals surface area contributed by atoms with Crippen molar-refractivity contribution in [2.75, 3.05) is 6.61 Å². The Hall–Kier alpha value is -0.250. The third kappa shape index (κ3) is 1.49. The van der Waals surface area contributed by atoms with Gasteiger partial charge >= 0.3 is 6.18 Å². The zero-order valence-electron chi connectivity index (χ0n) is 9.16. The van der Waals surface area contributed by atoms with Gasteiger partial charge in [0.25, 0.3) is 0 Å². The summed E-state index contributed by atoms with van der Waals surface area (Å²) in [6.07, 6.45) is -2.59. The van der Waals surface area contributed by atoms with E-state index < -0.39 is 11.8 Å². The lowest BCUT2D eigenvalue weighted by atomic mass is 9.61. The Morgan fingerprint density at radius 2 is 1.60 bits per heavy atom. The summed E-state index contributed by atoms with van der Waals surface area (Å²) in [7, 11) is 0. The van der Waals surface area contributed by atoms with E-state index in [0.717, 1.165) is 0 Å². The van der Waals surface area contributed by atoms with Gasteiger partial charge in [-0.15, -0.1) is 0 Å². The van der Waals surface area contributed by atoms with E-state index in [9.17, 15) is 13.2 Å². The van der Waals surface area contributed by atoms with Gasteiger partial charge in [0.05, 0.1) is 6.61 Å². The van der Waals surface area contributed by atoms with Gasteiger partial charge in [0.2, 0.25) is 0 Å². The van der Waals surface area contributed by atoms with Gasteiger partial charge in [0, 0.05) is 0 Å². The van der Waals surface area contributed by atoms with Crippen molar-refractivity contribution >= 4 is 0 Å². The number of halogens is 3. The fraction of sp³-hybridized carbons (Fsp3) is 1.00. The molecule has 0 atom stereocenters. The highest BCUT2D eigenvalue weighted by atomic mass is 19.4. The van der Waals surface area contributed by atoms with Crippen LogP contribution in [0.15, 0.2) is 0 Å². The summed E-state index contributed by atoms with van der Waals surface area (Å²) in [5.41, 5.74) is -1.81. The summed E-state index contributed by atoms with van der Waals surface area (Å²) in [6.45, 7) is 4.44. The molecular formula is C11H17F3O. The number of fused-ring (bicyclic) bond motifs is 3. The van der Waals surface area contributed by atoms with Gasteiger partial charge in [-0.05, 0) is 37.0 Å². The number of hydrogen-bond acceptors (Lipinski definition) is 1. The van der Waals surface area contributed by atoms with Crippen LogP contribution in [0, 0.1) is 11.3 Å². The minimum Gasteiger partial charge on any atom is -0.365 e. The van der Waals surface area contributed by atoms with Crippen molar-refractivity contribution in [3.63, 3.8) is 0 Å². The van der Waals surface area contributed by atoms with Crippen molar-refractivity contribution in [2.24, 2.45) is 11.3 Å². The first-order chi connectivity index (χ1) is 6.81. The fourth-order valence-electron chi connectivity index (χ4n) is 2.83. The number of alkyl halides is 3. The lowest BCUT2D eigenvalue weighted by Crippen LogP contribution is -2.59. The molecule has 0 spiro atoms. The van der Waals surface area contributed by atoms with Crippen LogP contribution >= 0.6 is 0 Å². The molecule has 0 unspecified atom stereocenters. The molecule has 1 nitrogen and oxygen atoms in total. The maximum Gasteiger partial charge on any atom is 0.417 e. The Bertz CT molecular complexity index is 233. The molecule has 2 heterocycles. The zero-order valence-corrected chi connectivity index (χ0v) is 9.16. The summed E-state index contributed by atoms with van der Waals surface area (Å²) in [4.78, 5) is 0. The number of ether oxygens (including phenoxy) is 1. The molecule has 0 amide bonds. The zero-order chi connectivity index (χ0) is 11.3. The van der Waals surface area contributed by atoms with Crippen LogP contribution in [0.2, 0.25) is 0 Å². The van der Waals surface area contributed by atoms with Crippen LogP contribution < -0.4 is 0 Å². The average molecular weight is 222 g/mol. The van der Waals surface area contributed by atoms with Gasteiger partial charge in [-0.3, -0.25) is 0 Å². The highest BCUT2D eigenvalue weighted by molar-refractivity contribution is 5.03. The Morgan fingerprint density at radius 3 is 1.87 bits per heavy atom. The van der Waals surface area contributed by atoms with Crippen molar-refractivity contribution in [3.05, 3.63) is 0 Å². The molecular weight excluding hydrogens is 205 g/mol. The molecule has 0 N–H and O–H groups in total. The van der Waals surface area contributed by atoms with Gasteiger partial charge < -0.3 is 4.74 Å². The van der Waals surface area contributed by atoms with Crippen molar-refractivity contribution in [1.29, 1.82) is 0 Å². The second-order valence-electron chi connectivity index (χ2n) is 5.30. The van der Waals surface area contributed by atoms with Crippen LogP contribution in [0.3, 0.4) is 0 Å². The lowest BCUT2D eigenvalue weighted by molar-refractivity contribution is -0.330. The second kappa shape index (κ2) is 3.12. The summed E-state index contributed by atoms with van der Waals surface area (Å²) < 4.78 is 43.6.